The minimum Gasteiger partial charge on any atom is -0.469 e. The van der Waals surface area contributed by atoms with Crippen molar-refractivity contribution in [3.63, 3.8) is 0 Å². The van der Waals surface area contributed by atoms with Crippen molar-refractivity contribution in [1.82, 2.24) is 16.0 Å². The van der Waals surface area contributed by atoms with Crippen LogP contribution in [0.5, 0.6) is 0 Å². The summed E-state index contributed by atoms with van der Waals surface area (Å²) in [6.45, 7) is 11.2. The Morgan fingerprint density at radius 1 is 1.19 bits per heavy atom. The standard InChI is InChI=1S/C19H34N4O4/c1-5-25-14-7-10-20-17(21-11-9-16-8-6-15-26-16)22-12-13-23-18(24)27-19(2,3)4/h6,8,15H,5,7,9-14H2,1-4H3,(H,23,24)(H2,20,21,22). The lowest BCUT2D eigenvalue weighted by atomic mass is 10.2. The molecule has 0 aliphatic rings. The molecule has 27 heavy (non-hydrogen) atoms. The van der Waals surface area contributed by atoms with E-state index in [1.54, 1.807) is 6.26 Å². The minimum absolute atomic E-state index is 0.426. The lowest BCUT2D eigenvalue weighted by Crippen LogP contribution is -2.43. The van der Waals surface area contributed by atoms with E-state index in [1.807, 2.05) is 39.8 Å². The molecule has 0 aliphatic carbocycles. The van der Waals surface area contributed by atoms with Crippen LogP contribution in [0.4, 0.5) is 4.79 Å². The number of amides is 1. The third-order valence-corrected chi connectivity index (χ3v) is 3.25. The predicted molar refractivity (Wildman–Crippen MR) is 106 cm³/mol. The molecule has 0 aromatic carbocycles. The number of guanidine groups is 1. The Labute approximate surface area is 162 Å². The maximum atomic E-state index is 11.6. The summed E-state index contributed by atoms with van der Waals surface area (Å²) in [7, 11) is 0. The highest BCUT2D eigenvalue weighted by Crippen LogP contribution is 2.06. The molecule has 0 unspecified atom stereocenters. The molecule has 0 atom stereocenters. The first-order valence-electron chi connectivity index (χ1n) is 9.50. The first-order valence-corrected chi connectivity index (χ1v) is 9.50. The van der Waals surface area contributed by atoms with Gasteiger partial charge >= 0.3 is 6.09 Å². The molecule has 1 aromatic rings. The molecule has 1 heterocycles. The second kappa shape index (κ2) is 13.0. The zero-order valence-electron chi connectivity index (χ0n) is 17.0. The summed E-state index contributed by atoms with van der Waals surface area (Å²) in [5.41, 5.74) is -0.502. The van der Waals surface area contributed by atoms with Crippen molar-refractivity contribution in [3.05, 3.63) is 24.2 Å². The average Bonchev–Trinajstić information content (AvgIpc) is 3.09. The van der Waals surface area contributed by atoms with Crippen molar-refractivity contribution in [2.24, 2.45) is 4.99 Å². The van der Waals surface area contributed by atoms with Gasteiger partial charge in [0.1, 0.15) is 11.4 Å². The van der Waals surface area contributed by atoms with Gasteiger partial charge in [-0.2, -0.15) is 0 Å². The van der Waals surface area contributed by atoms with Gasteiger partial charge in [0.05, 0.1) is 6.26 Å². The first kappa shape index (κ1) is 22.8. The van der Waals surface area contributed by atoms with Gasteiger partial charge in [-0.3, -0.25) is 4.99 Å². The Bertz CT molecular complexity index is 538. The van der Waals surface area contributed by atoms with Crippen LogP contribution in [-0.2, 0) is 15.9 Å². The molecule has 154 valence electrons. The van der Waals surface area contributed by atoms with Crippen molar-refractivity contribution in [3.8, 4) is 0 Å². The number of rotatable bonds is 11. The second-order valence-corrected chi connectivity index (χ2v) is 6.89. The maximum absolute atomic E-state index is 11.6. The number of nitrogens with one attached hydrogen (secondary N) is 3. The number of ether oxygens (including phenoxy) is 2. The normalized spacial score (nSPS) is 11.9. The van der Waals surface area contributed by atoms with E-state index in [0.717, 1.165) is 18.6 Å². The highest BCUT2D eigenvalue weighted by molar-refractivity contribution is 5.79. The number of carbonyl (C=O) groups excluding carboxylic acids is 1. The highest BCUT2D eigenvalue weighted by atomic mass is 16.6. The number of furan rings is 1. The monoisotopic (exact) mass is 382 g/mol. The van der Waals surface area contributed by atoms with E-state index in [1.165, 1.54) is 0 Å². The average molecular weight is 383 g/mol. The van der Waals surface area contributed by atoms with E-state index in [4.69, 9.17) is 13.9 Å². The van der Waals surface area contributed by atoms with E-state index in [0.29, 0.717) is 45.4 Å². The van der Waals surface area contributed by atoms with Crippen molar-refractivity contribution < 1.29 is 18.7 Å². The van der Waals surface area contributed by atoms with Crippen molar-refractivity contribution in [2.75, 3.05) is 39.4 Å². The third-order valence-electron chi connectivity index (χ3n) is 3.25. The molecule has 1 rings (SSSR count). The fraction of sp³-hybridized carbons (Fsp3) is 0.684. The van der Waals surface area contributed by atoms with Crippen molar-refractivity contribution in [1.29, 1.82) is 0 Å². The SMILES string of the molecule is CCOCCCN=C(NCCNC(=O)OC(C)(C)C)NCCc1ccco1. The van der Waals surface area contributed by atoms with Gasteiger partial charge in [-0.25, -0.2) is 4.79 Å². The molecule has 1 amide bonds. The summed E-state index contributed by atoms with van der Waals surface area (Å²) in [5.74, 6) is 1.62. The number of hydrogen-bond donors (Lipinski definition) is 3. The number of carbonyl (C=O) groups is 1. The van der Waals surface area contributed by atoms with Gasteiger partial charge in [-0.15, -0.1) is 0 Å². The number of nitrogens with zero attached hydrogens (tertiary/aromatic N) is 1. The van der Waals surface area contributed by atoms with Gasteiger partial charge in [-0.1, -0.05) is 0 Å². The Hall–Kier alpha value is -2.22. The van der Waals surface area contributed by atoms with Crippen LogP contribution in [0.25, 0.3) is 0 Å². The molecule has 0 saturated heterocycles. The molecule has 8 nitrogen and oxygen atoms in total. The lowest BCUT2D eigenvalue weighted by Gasteiger charge is -2.20. The van der Waals surface area contributed by atoms with E-state index >= 15 is 0 Å². The van der Waals surface area contributed by atoms with Crippen LogP contribution in [0, 0.1) is 0 Å². The maximum Gasteiger partial charge on any atom is 0.407 e. The fourth-order valence-corrected chi connectivity index (χ4v) is 2.09. The highest BCUT2D eigenvalue weighted by Gasteiger charge is 2.15. The first-order chi connectivity index (χ1) is 12.9. The van der Waals surface area contributed by atoms with E-state index in [2.05, 4.69) is 20.9 Å². The molecule has 0 bridgehead atoms. The van der Waals surface area contributed by atoms with E-state index in [9.17, 15) is 4.79 Å². The number of hydrogen-bond acceptors (Lipinski definition) is 5. The quantitative estimate of drug-likeness (QED) is 0.309. The molecule has 0 saturated carbocycles. The van der Waals surface area contributed by atoms with Crippen LogP contribution < -0.4 is 16.0 Å². The molecule has 3 N–H and O–H groups in total. The predicted octanol–water partition coefficient (Wildman–Crippen LogP) is 2.31. The zero-order valence-corrected chi connectivity index (χ0v) is 17.0. The summed E-state index contributed by atoms with van der Waals surface area (Å²) in [4.78, 5) is 16.2. The van der Waals surface area contributed by atoms with Crippen LogP contribution in [0.15, 0.2) is 27.8 Å². The Balaban J connectivity index is 2.33. The molecular weight excluding hydrogens is 348 g/mol. The van der Waals surface area contributed by atoms with E-state index in [-0.39, 0.29) is 0 Å². The van der Waals surface area contributed by atoms with Crippen LogP contribution in [0.1, 0.15) is 39.9 Å². The van der Waals surface area contributed by atoms with Gasteiger partial charge in [-0.05, 0) is 46.2 Å². The summed E-state index contributed by atoms with van der Waals surface area (Å²) in [6.07, 6.45) is 2.86. The molecule has 8 heteroatoms. The smallest absolute Gasteiger partial charge is 0.407 e. The summed E-state index contributed by atoms with van der Waals surface area (Å²) in [5, 5.41) is 9.19. The largest absolute Gasteiger partial charge is 0.469 e. The van der Waals surface area contributed by atoms with E-state index < -0.39 is 11.7 Å². The van der Waals surface area contributed by atoms with Crippen LogP contribution in [0.2, 0.25) is 0 Å². The molecule has 0 radical (unpaired) electrons. The van der Waals surface area contributed by atoms with Gasteiger partial charge in [0.25, 0.3) is 0 Å². The summed E-state index contributed by atoms with van der Waals surface area (Å²) in [6, 6.07) is 3.82. The summed E-state index contributed by atoms with van der Waals surface area (Å²) < 4.78 is 15.9. The van der Waals surface area contributed by atoms with Gasteiger partial charge in [0, 0.05) is 45.8 Å². The van der Waals surface area contributed by atoms with Crippen LogP contribution in [-0.4, -0.2) is 57.0 Å². The Morgan fingerprint density at radius 2 is 1.93 bits per heavy atom. The number of alkyl carbamates (subject to hydrolysis) is 1. The molecular formula is C19H34N4O4. The second-order valence-electron chi connectivity index (χ2n) is 6.89. The topological polar surface area (TPSA) is 97.1 Å². The minimum atomic E-state index is -0.502. The van der Waals surface area contributed by atoms with Crippen molar-refractivity contribution in [2.45, 2.75) is 46.1 Å². The molecule has 0 fully saturated rings. The van der Waals surface area contributed by atoms with Gasteiger partial charge < -0.3 is 29.8 Å². The molecule has 0 spiro atoms. The lowest BCUT2D eigenvalue weighted by molar-refractivity contribution is 0.0529. The van der Waals surface area contributed by atoms with Crippen LogP contribution >= 0.6 is 0 Å². The Kier molecular flexibility index (Phi) is 11.0. The third kappa shape index (κ3) is 12.7. The zero-order chi connectivity index (χ0) is 20.0. The van der Waals surface area contributed by atoms with Gasteiger partial charge in [0.2, 0.25) is 0 Å². The fourth-order valence-electron chi connectivity index (χ4n) is 2.09. The number of aliphatic imine (C=N–C) groups is 1. The molecule has 1 aromatic heterocycles. The van der Waals surface area contributed by atoms with Gasteiger partial charge in [0.15, 0.2) is 5.96 Å². The van der Waals surface area contributed by atoms with Crippen LogP contribution in [0.3, 0.4) is 0 Å². The molecule has 0 aliphatic heterocycles. The van der Waals surface area contributed by atoms with Crippen molar-refractivity contribution >= 4 is 12.1 Å². The Morgan fingerprint density at radius 3 is 2.59 bits per heavy atom. The summed E-state index contributed by atoms with van der Waals surface area (Å²) >= 11 is 0.